The Morgan fingerprint density at radius 3 is 1.35 bits per heavy atom. The van der Waals surface area contributed by atoms with Gasteiger partial charge in [-0.3, -0.25) is 0 Å². The molecule has 0 amide bonds. The lowest BCUT2D eigenvalue weighted by molar-refractivity contribution is 1.71. The zero-order chi connectivity index (χ0) is 31.8. The van der Waals surface area contributed by atoms with E-state index in [9.17, 15) is 0 Å². The maximum atomic E-state index is 2.43. The van der Waals surface area contributed by atoms with E-state index in [0.717, 1.165) is 0 Å². The highest BCUT2D eigenvalue weighted by atomic mass is 32.1. The smallest absolute Gasteiger partial charge is 0.0361 e. The van der Waals surface area contributed by atoms with Gasteiger partial charge in [0.2, 0.25) is 0 Å². The number of rotatable bonds is 2. The summed E-state index contributed by atoms with van der Waals surface area (Å²) in [5, 5.41) is 21.2. The molecule has 0 saturated carbocycles. The van der Waals surface area contributed by atoms with E-state index in [2.05, 4.69) is 158 Å². The van der Waals surface area contributed by atoms with Crippen LogP contribution in [-0.4, -0.2) is 0 Å². The third kappa shape index (κ3) is 3.52. The van der Waals surface area contributed by atoms with Gasteiger partial charge in [0, 0.05) is 20.2 Å². The summed E-state index contributed by atoms with van der Waals surface area (Å²) in [6.45, 7) is 0. The Labute approximate surface area is 285 Å². The van der Waals surface area contributed by atoms with Crippen LogP contribution >= 0.6 is 11.3 Å². The summed E-state index contributed by atoms with van der Waals surface area (Å²) in [7, 11) is 0. The largest absolute Gasteiger partial charge is 0.135 e. The zero-order valence-corrected chi connectivity index (χ0v) is 27.2. The molecule has 12 rings (SSSR count). The second kappa shape index (κ2) is 9.32. The monoisotopic (exact) mass is 634 g/mol. The molecule has 0 atom stereocenters. The average molecular weight is 635 g/mol. The molecule has 0 saturated heterocycles. The lowest BCUT2D eigenvalue weighted by atomic mass is 9.89. The van der Waals surface area contributed by atoms with Gasteiger partial charge < -0.3 is 0 Å². The summed E-state index contributed by atoms with van der Waals surface area (Å²) in [6, 6.07) is 59.6. The van der Waals surface area contributed by atoms with Crippen molar-refractivity contribution in [2.45, 2.75) is 0 Å². The van der Waals surface area contributed by atoms with Crippen molar-refractivity contribution in [1.29, 1.82) is 0 Å². The van der Waals surface area contributed by atoms with Gasteiger partial charge >= 0.3 is 0 Å². The predicted molar refractivity (Wildman–Crippen MR) is 215 cm³/mol. The fourth-order valence-corrected chi connectivity index (χ4v) is 9.95. The molecule has 0 aliphatic heterocycles. The van der Waals surface area contributed by atoms with Crippen LogP contribution in [0.25, 0.3) is 118 Å². The van der Waals surface area contributed by atoms with E-state index in [1.54, 1.807) is 0 Å². The van der Waals surface area contributed by atoms with Crippen LogP contribution in [0.4, 0.5) is 0 Å². The normalized spacial score (nSPS) is 12.5. The van der Waals surface area contributed by atoms with Crippen LogP contribution in [-0.2, 0) is 0 Å². The van der Waals surface area contributed by atoms with Crippen LogP contribution in [0, 0.1) is 0 Å². The van der Waals surface area contributed by atoms with Crippen molar-refractivity contribution in [3.05, 3.63) is 158 Å². The summed E-state index contributed by atoms with van der Waals surface area (Å²) in [4.78, 5) is 0. The number of benzene rings is 11. The molecule has 1 heterocycles. The summed E-state index contributed by atoms with van der Waals surface area (Å²) < 4.78 is 2.67. The Hall–Kier alpha value is -6.02. The maximum Gasteiger partial charge on any atom is 0.0361 e. The SMILES string of the molecule is c1cc2ccc3ccc(-c4ccc5cc6sc7ccc(-c8ccc9ccc%10cccc%11ccc8c9c%10%11)cc7c6cc5c4)c4ccc(c1)c2c34. The van der Waals surface area contributed by atoms with Crippen molar-refractivity contribution >= 4 is 107 Å². The van der Waals surface area contributed by atoms with Gasteiger partial charge in [-0.1, -0.05) is 127 Å². The maximum absolute atomic E-state index is 2.43. The van der Waals surface area contributed by atoms with Crippen molar-refractivity contribution in [3.8, 4) is 22.3 Å². The summed E-state index contributed by atoms with van der Waals surface area (Å²) >= 11 is 1.90. The highest BCUT2D eigenvalue weighted by molar-refractivity contribution is 7.25. The molecule has 0 fully saturated rings. The molecule has 12 aromatic rings. The van der Waals surface area contributed by atoms with E-state index in [-0.39, 0.29) is 0 Å². The highest BCUT2D eigenvalue weighted by Gasteiger charge is 2.16. The van der Waals surface area contributed by atoms with E-state index >= 15 is 0 Å². The molecule has 0 spiro atoms. The van der Waals surface area contributed by atoms with E-state index in [4.69, 9.17) is 0 Å². The van der Waals surface area contributed by atoms with Gasteiger partial charge in [-0.2, -0.15) is 0 Å². The van der Waals surface area contributed by atoms with Crippen LogP contribution in [0.2, 0.25) is 0 Å². The summed E-state index contributed by atoms with van der Waals surface area (Å²) in [6.07, 6.45) is 0. The molecular formula is C48H26S. The average Bonchev–Trinajstić information content (AvgIpc) is 3.51. The highest BCUT2D eigenvalue weighted by Crippen LogP contribution is 2.44. The lowest BCUT2D eigenvalue weighted by Gasteiger charge is -2.14. The topological polar surface area (TPSA) is 0 Å². The first-order valence-corrected chi connectivity index (χ1v) is 17.8. The van der Waals surface area contributed by atoms with Crippen LogP contribution in [0.5, 0.6) is 0 Å². The minimum absolute atomic E-state index is 1.26. The Kier molecular flexibility index (Phi) is 4.94. The van der Waals surface area contributed by atoms with Gasteiger partial charge in [0.05, 0.1) is 0 Å². The van der Waals surface area contributed by atoms with Gasteiger partial charge in [0.25, 0.3) is 0 Å². The molecular weight excluding hydrogens is 609 g/mol. The number of hydrogen-bond donors (Lipinski definition) is 0. The lowest BCUT2D eigenvalue weighted by Crippen LogP contribution is -1.87. The number of thiophene rings is 1. The molecule has 1 heteroatoms. The summed E-state index contributed by atoms with van der Waals surface area (Å²) in [5.74, 6) is 0. The van der Waals surface area contributed by atoms with Crippen molar-refractivity contribution in [2.75, 3.05) is 0 Å². The Morgan fingerprint density at radius 2 is 0.735 bits per heavy atom. The van der Waals surface area contributed by atoms with E-state index in [1.165, 1.54) is 118 Å². The van der Waals surface area contributed by atoms with Crippen LogP contribution in [0.3, 0.4) is 0 Å². The number of fused-ring (bicyclic) bond motifs is 4. The van der Waals surface area contributed by atoms with Crippen molar-refractivity contribution in [2.24, 2.45) is 0 Å². The third-order valence-electron chi connectivity index (χ3n) is 11.1. The van der Waals surface area contributed by atoms with E-state index in [1.807, 2.05) is 11.3 Å². The molecule has 0 bridgehead atoms. The first kappa shape index (κ1) is 26.0. The fourth-order valence-electron chi connectivity index (χ4n) is 8.83. The summed E-state index contributed by atoms with van der Waals surface area (Å²) in [5.41, 5.74) is 5.12. The molecule has 0 nitrogen and oxygen atoms in total. The van der Waals surface area contributed by atoms with Gasteiger partial charge in [-0.15, -0.1) is 11.3 Å². The van der Waals surface area contributed by atoms with Gasteiger partial charge in [-0.05, 0) is 128 Å². The minimum Gasteiger partial charge on any atom is -0.135 e. The third-order valence-corrected chi connectivity index (χ3v) is 12.2. The zero-order valence-electron chi connectivity index (χ0n) is 26.4. The first-order chi connectivity index (χ1) is 24.2. The van der Waals surface area contributed by atoms with Crippen molar-refractivity contribution in [3.63, 3.8) is 0 Å². The van der Waals surface area contributed by atoms with Crippen molar-refractivity contribution < 1.29 is 0 Å². The molecule has 224 valence electrons. The molecule has 0 radical (unpaired) electrons. The number of hydrogen-bond acceptors (Lipinski definition) is 1. The van der Waals surface area contributed by atoms with E-state index < -0.39 is 0 Å². The Bertz CT molecular complexity index is 3290. The molecule has 49 heavy (non-hydrogen) atoms. The van der Waals surface area contributed by atoms with Crippen LogP contribution < -0.4 is 0 Å². The first-order valence-electron chi connectivity index (χ1n) is 17.0. The standard InChI is InChI=1S/C48H26S/c1-3-27-7-9-31-13-18-37(39-20-15-29(5-1)45(27)47(31)39)34-12-11-33-26-44-42(25-36(33)23-34)41-24-35(17-22-43(41)49-44)38-19-14-32-10-8-28-4-2-6-30-16-21-40(38)48(32)46(28)30/h1-26H. The van der Waals surface area contributed by atoms with Gasteiger partial charge in [-0.25, -0.2) is 0 Å². The fraction of sp³-hybridized carbons (Fsp3) is 0. The molecule has 0 aliphatic carbocycles. The van der Waals surface area contributed by atoms with Gasteiger partial charge in [0.15, 0.2) is 0 Å². The van der Waals surface area contributed by atoms with Crippen LogP contribution in [0.1, 0.15) is 0 Å². The molecule has 0 aliphatic rings. The quantitative estimate of drug-likeness (QED) is 0.166. The second-order valence-electron chi connectivity index (χ2n) is 13.7. The predicted octanol–water partition coefficient (Wildman–Crippen LogP) is 14.3. The second-order valence-corrected chi connectivity index (χ2v) is 14.7. The molecule has 0 unspecified atom stereocenters. The van der Waals surface area contributed by atoms with Crippen LogP contribution in [0.15, 0.2) is 158 Å². The van der Waals surface area contributed by atoms with Crippen molar-refractivity contribution in [1.82, 2.24) is 0 Å². The Morgan fingerprint density at radius 1 is 0.265 bits per heavy atom. The Balaban J connectivity index is 1.05. The minimum atomic E-state index is 1.26. The van der Waals surface area contributed by atoms with Gasteiger partial charge in [0.1, 0.15) is 0 Å². The molecule has 1 aromatic heterocycles. The van der Waals surface area contributed by atoms with E-state index in [0.29, 0.717) is 0 Å². The molecule has 11 aromatic carbocycles. The molecule has 0 N–H and O–H groups in total.